The molecular weight excluding hydrogens is 732 g/mol. The van der Waals surface area contributed by atoms with E-state index < -0.39 is 20.0 Å². The molecule has 5 N–H and O–H groups in total. The molecule has 0 saturated heterocycles. The first-order valence-corrected chi connectivity index (χ1v) is 24.9. The van der Waals surface area contributed by atoms with Gasteiger partial charge in [0.15, 0.2) is 0 Å². The van der Waals surface area contributed by atoms with E-state index in [1.165, 1.54) is 116 Å². The maximum atomic E-state index is 12.8. The van der Waals surface area contributed by atoms with Crippen molar-refractivity contribution >= 4 is 13.7 Å². The summed E-state index contributed by atoms with van der Waals surface area (Å²) in [4.78, 5) is 22.7. The summed E-state index contributed by atoms with van der Waals surface area (Å²) in [5.74, 6) is -0.218. The first-order valence-electron chi connectivity index (χ1n) is 23.4. The molecule has 0 fully saturated rings. The van der Waals surface area contributed by atoms with Gasteiger partial charge in [0.1, 0.15) is 0 Å². The van der Waals surface area contributed by atoms with Crippen LogP contribution in [0.5, 0.6) is 0 Å². The predicted molar refractivity (Wildman–Crippen MR) is 244 cm³/mol. The van der Waals surface area contributed by atoms with E-state index in [4.69, 9.17) is 14.8 Å². The topological polar surface area (TPSA) is 131 Å². The Bertz CT molecular complexity index is 1080. The molecule has 0 saturated carbocycles. The quantitative estimate of drug-likeness (QED) is 0.0274. The normalized spacial score (nSPS) is 14.5. The van der Waals surface area contributed by atoms with Gasteiger partial charge in [0, 0.05) is 13.0 Å². The fourth-order valence-corrected chi connectivity index (χ4v) is 7.40. The highest BCUT2D eigenvalue weighted by Gasteiger charge is 2.27. The highest BCUT2D eigenvalue weighted by atomic mass is 31.2. The van der Waals surface area contributed by atoms with E-state index in [1.807, 2.05) is 0 Å². The molecule has 0 aromatic heterocycles. The number of nitrogens with one attached hydrogen (secondary N) is 1. The van der Waals surface area contributed by atoms with E-state index in [9.17, 15) is 19.4 Å². The number of allylic oxidation sites excluding steroid dienone is 10. The van der Waals surface area contributed by atoms with Crippen molar-refractivity contribution in [3.8, 4) is 0 Å². The second kappa shape index (κ2) is 43.8. The van der Waals surface area contributed by atoms with Gasteiger partial charge >= 0.3 is 7.82 Å². The zero-order chi connectivity index (χ0) is 41.8. The highest BCUT2D eigenvalue weighted by Crippen LogP contribution is 2.43. The smallest absolute Gasteiger partial charge is 0.391 e. The Kier molecular flexibility index (Phi) is 42.4. The fraction of sp³-hybridized carbons (Fsp3) is 0.771. The van der Waals surface area contributed by atoms with Gasteiger partial charge in [0.2, 0.25) is 5.91 Å². The summed E-state index contributed by atoms with van der Waals surface area (Å²) in [5, 5.41) is 13.8. The largest absolute Gasteiger partial charge is 0.472 e. The number of phosphoric acid groups is 1. The molecule has 0 aliphatic heterocycles. The standard InChI is InChI=1S/C48H89N2O6P/c1-3-5-7-9-11-13-15-17-19-21-22-23-24-26-27-29-31-33-35-37-39-41-47(51)46(45-56-57(53,54)55-44-43-49)50-48(52)42-40-38-36-34-32-30-28-25-20-18-16-14-12-10-8-6-4-2/h6,8,12,14,18,20,28,30,34,36,46-47,51H,3-5,7,9-11,13,15-17,19,21-27,29,31-33,35,37-45,49H2,1-2H3,(H,50,52)(H,53,54)/b8-6-,14-12-,20-18-,30-28-,36-34-. The number of phosphoric ester groups is 1. The lowest BCUT2D eigenvalue weighted by molar-refractivity contribution is -0.123. The molecule has 0 bridgehead atoms. The van der Waals surface area contributed by atoms with Crippen molar-refractivity contribution in [1.82, 2.24) is 5.32 Å². The van der Waals surface area contributed by atoms with E-state index in [-0.39, 0.29) is 32.1 Å². The van der Waals surface area contributed by atoms with Crippen LogP contribution in [0.2, 0.25) is 0 Å². The second-order valence-electron chi connectivity index (χ2n) is 15.6. The van der Waals surface area contributed by atoms with E-state index in [1.54, 1.807) is 0 Å². The summed E-state index contributed by atoms with van der Waals surface area (Å²) >= 11 is 0. The summed E-state index contributed by atoms with van der Waals surface area (Å²) in [5.41, 5.74) is 5.38. The average Bonchev–Trinajstić information content (AvgIpc) is 3.20. The third-order valence-electron chi connectivity index (χ3n) is 10.1. The van der Waals surface area contributed by atoms with Crippen molar-refractivity contribution in [2.24, 2.45) is 5.73 Å². The van der Waals surface area contributed by atoms with Crippen LogP contribution in [0, 0.1) is 0 Å². The van der Waals surface area contributed by atoms with Crippen molar-refractivity contribution in [1.29, 1.82) is 0 Å². The summed E-state index contributed by atoms with van der Waals surface area (Å²) in [7, 11) is -4.34. The minimum absolute atomic E-state index is 0.0774. The van der Waals surface area contributed by atoms with Gasteiger partial charge in [-0.2, -0.15) is 0 Å². The van der Waals surface area contributed by atoms with Gasteiger partial charge in [-0.1, -0.05) is 209 Å². The maximum Gasteiger partial charge on any atom is 0.472 e. The summed E-state index contributed by atoms with van der Waals surface area (Å²) in [6, 6.07) is -0.807. The van der Waals surface area contributed by atoms with Crippen molar-refractivity contribution in [2.45, 2.75) is 219 Å². The van der Waals surface area contributed by atoms with Gasteiger partial charge < -0.3 is 21.1 Å². The number of hydrogen-bond acceptors (Lipinski definition) is 6. The zero-order valence-corrected chi connectivity index (χ0v) is 37.7. The Morgan fingerprint density at radius 1 is 0.596 bits per heavy atom. The number of aliphatic hydroxyl groups is 1. The molecular formula is C48H89N2O6P. The van der Waals surface area contributed by atoms with Gasteiger partial charge in [-0.25, -0.2) is 4.57 Å². The molecule has 3 unspecified atom stereocenters. The maximum absolute atomic E-state index is 12.8. The van der Waals surface area contributed by atoms with Crippen molar-refractivity contribution in [2.75, 3.05) is 19.8 Å². The Labute approximate surface area is 351 Å². The van der Waals surface area contributed by atoms with Crippen LogP contribution in [-0.2, 0) is 18.4 Å². The molecule has 0 aliphatic rings. The van der Waals surface area contributed by atoms with E-state index in [2.05, 4.69) is 79.9 Å². The van der Waals surface area contributed by atoms with Gasteiger partial charge in [0.25, 0.3) is 0 Å². The van der Waals surface area contributed by atoms with Crippen LogP contribution >= 0.6 is 7.82 Å². The molecule has 0 aliphatic carbocycles. The number of carbonyl (C=O) groups is 1. The first kappa shape index (κ1) is 55.2. The molecule has 0 heterocycles. The lowest BCUT2D eigenvalue weighted by Gasteiger charge is -2.25. The summed E-state index contributed by atoms with van der Waals surface area (Å²) in [6.45, 7) is 4.06. The Morgan fingerprint density at radius 2 is 1.00 bits per heavy atom. The lowest BCUT2D eigenvalue weighted by atomic mass is 10.0. The average molecular weight is 821 g/mol. The van der Waals surface area contributed by atoms with Crippen LogP contribution in [0.3, 0.4) is 0 Å². The number of nitrogens with two attached hydrogens (primary N) is 1. The van der Waals surface area contributed by atoms with E-state index >= 15 is 0 Å². The van der Waals surface area contributed by atoms with Gasteiger partial charge in [0.05, 0.1) is 25.4 Å². The molecule has 1 amide bonds. The van der Waals surface area contributed by atoms with Crippen molar-refractivity contribution in [3.05, 3.63) is 60.8 Å². The number of aliphatic hydroxyl groups excluding tert-OH is 1. The predicted octanol–water partition coefficient (Wildman–Crippen LogP) is 13.4. The molecule has 3 atom stereocenters. The van der Waals surface area contributed by atoms with Crippen molar-refractivity contribution < 1.29 is 28.4 Å². The Balaban J connectivity index is 4.19. The molecule has 0 rings (SSSR count). The van der Waals surface area contributed by atoms with Crippen LogP contribution in [0.1, 0.15) is 206 Å². The third kappa shape index (κ3) is 42.1. The van der Waals surface area contributed by atoms with Gasteiger partial charge in [-0.05, 0) is 51.4 Å². The van der Waals surface area contributed by atoms with Crippen LogP contribution in [0.4, 0.5) is 0 Å². The van der Waals surface area contributed by atoms with Crippen LogP contribution in [-0.4, -0.2) is 47.8 Å². The van der Waals surface area contributed by atoms with Gasteiger partial charge in [-0.15, -0.1) is 0 Å². The minimum Gasteiger partial charge on any atom is -0.391 e. The zero-order valence-electron chi connectivity index (χ0n) is 36.8. The van der Waals surface area contributed by atoms with E-state index in [0.717, 1.165) is 57.8 Å². The number of unbranched alkanes of at least 4 members (excludes halogenated alkanes) is 21. The molecule has 9 heteroatoms. The number of hydrogen-bond donors (Lipinski definition) is 4. The molecule has 0 aromatic rings. The third-order valence-corrected chi connectivity index (χ3v) is 11.1. The van der Waals surface area contributed by atoms with E-state index in [0.29, 0.717) is 12.8 Å². The molecule has 0 spiro atoms. The lowest BCUT2D eigenvalue weighted by Crippen LogP contribution is -2.46. The minimum atomic E-state index is -4.34. The van der Waals surface area contributed by atoms with Crippen molar-refractivity contribution in [3.63, 3.8) is 0 Å². The molecule has 57 heavy (non-hydrogen) atoms. The highest BCUT2D eigenvalue weighted by molar-refractivity contribution is 7.47. The fourth-order valence-electron chi connectivity index (χ4n) is 6.64. The SMILES string of the molecule is CC/C=C\C/C=C\C/C=C\C/C=C\C/C=C\CCCC(=O)NC(COP(=O)(O)OCCN)C(O)CCCCCCCCCCCCCCCCCCCCCCC. The number of amides is 1. The number of carbonyl (C=O) groups excluding carboxylic acids is 1. The van der Waals surface area contributed by atoms with Crippen LogP contribution in [0.15, 0.2) is 60.8 Å². The molecule has 8 nitrogen and oxygen atoms in total. The van der Waals surface area contributed by atoms with Crippen LogP contribution < -0.4 is 11.1 Å². The Morgan fingerprint density at radius 3 is 1.42 bits per heavy atom. The monoisotopic (exact) mass is 821 g/mol. The summed E-state index contributed by atoms with van der Waals surface area (Å²) in [6.07, 6.45) is 55.3. The Hall–Kier alpha value is -1.80. The molecule has 332 valence electrons. The molecule has 0 radical (unpaired) electrons. The summed E-state index contributed by atoms with van der Waals surface area (Å²) < 4.78 is 22.2. The second-order valence-corrected chi connectivity index (χ2v) is 17.0. The first-order chi connectivity index (χ1) is 27.9. The van der Waals surface area contributed by atoms with Crippen LogP contribution in [0.25, 0.3) is 0 Å². The molecule has 0 aromatic carbocycles. The number of rotatable bonds is 43. The van der Waals surface area contributed by atoms with Gasteiger partial charge in [-0.3, -0.25) is 13.8 Å².